The van der Waals surface area contributed by atoms with Crippen molar-refractivity contribution in [3.05, 3.63) is 76.5 Å². The Bertz CT molecular complexity index is 1400. The summed E-state index contributed by atoms with van der Waals surface area (Å²) in [4.78, 5) is 30.3. The van der Waals surface area contributed by atoms with E-state index in [2.05, 4.69) is 33.3 Å². The minimum atomic E-state index is -0.821. The van der Waals surface area contributed by atoms with E-state index in [1.807, 2.05) is 30.3 Å². The lowest BCUT2D eigenvalue weighted by Crippen LogP contribution is -2.43. The van der Waals surface area contributed by atoms with E-state index in [1.165, 1.54) is 30.1 Å². The van der Waals surface area contributed by atoms with Crippen LogP contribution in [0.2, 0.25) is 5.02 Å². The van der Waals surface area contributed by atoms with Gasteiger partial charge in [-0.05, 0) is 31.0 Å². The highest BCUT2D eigenvalue weighted by Gasteiger charge is 2.37. The van der Waals surface area contributed by atoms with Crippen LogP contribution in [-0.4, -0.2) is 44.6 Å². The molecule has 0 spiro atoms. The lowest BCUT2D eigenvalue weighted by Gasteiger charge is -2.36. The number of anilines is 1. The van der Waals surface area contributed by atoms with Crippen LogP contribution in [0.5, 0.6) is 0 Å². The summed E-state index contributed by atoms with van der Waals surface area (Å²) in [6.07, 6.45) is 3.53. The highest BCUT2D eigenvalue weighted by atomic mass is 35.5. The standard InChI is InChI=1S/C26H22ClFN6O2/c1-18(35)33-11-9-26(16-29,10-12-33)17-34-23(21(27)15-31-34)25(36)32-24-22(28)13-20(14-30-24)8-7-19-5-3-2-4-6-19/h2-6,13-15H,9-12,17H2,1H3,(H,30,32,36). The lowest BCUT2D eigenvalue weighted by molar-refractivity contribution is -0.130. The van der Waals surface area contributed by atoms with Crippen LogP contribution in [0.3, 0.4) is 0 Å². The van der Waals surface area contributed by atoms with Crippen molar-refractivity contribution in [3.63, 3.8) is 0 Å². The van der Waals surface area contributed by atoms with E-state index < -0.39 is 17.1 Å². The maximum absolute atomic E-state index is 14.7. The molecule has 0 saturated carbocycles. The highest BCUT2D eigenvalue weighted by Crippen LogP contribution is 2.34. The maximum Gasteiger partial charge on any atom is 0.276 e. The average Bonchev–Trinajstić information content (AvgIpc) is 3.24. The number of amides is 2. The van der Waals surface area contributed by atoms with Gasteiger partial charge in [-0.25, -0.2) is 9.37 Å². The summed E-state index contributed by atoms with van der Waals surface area (Å²) in [7, 11) is 0. The third-order valence-corrected chi connectivity index (χ3v) is 6.34. The van der Waals surface area contributed by atoms with Crippen LogP contribution in [0.25, 0.3) is 0 Å². The van der Waals surface area contributed by atoms with E-state index in [0.29, 0.717) is 31.5 Å². The van der Waals surface area contributed by atoms with Gasteiger partial charge >= 0.3 is 0 Å². The van der Waals surface area contributed by atoms with Gasteiger partial charge in [-0.15, -0.1) is 0 Å². The summed E-state index contributed by atoms with van der Waals surface area (Å²) in [5, 5.41) is 16.5. The maximum atomic E-state index is 14.7. The topological polar surface area (TPSA) is 104 Å². The number of nitriles is 1. The molecule has 1 saturated heterocycles. The zero-order valence-corrected chi connectivity index (χ0v) is 20.2. The molecule has 0 bridgehead atoms. The zero-order chi connectivity index (χ0) is 25.7. The van der Waals surface area contributed by atoms with E-state index in [4.69, 9.17) is 11.6 Å². The minimum Gasteiger partial charge on any atom is -0.343 e. The van der Waals surface area contributed by atoms with Crippen molar-refractivity contribution in [1.29, 1.82) is 5.26 Å². The number of hydrogen-bond donors (Lipinski definition) is 1. The first-order chi connectivity index (χ1) is 17.3. The molecule has 1 aliphatic heterocycles. The van der Waals surface area contributed by atoms with Crippen molar-refractivity contribution in [2.45, 2.75) is 26.3 Å². The van der Waals surface area contributed by atoms with Gasteiger partial charge in [0.2, 0.25) is 5.91 Å². The molecule has 36 heavy (non-hydrogen) atoms. The van der Waals surface area contributed by atoms with E-state index in [1.54, 1.807) is 4.90 Å². The molecule has 0 radical (unpaired) electrons. The van der Waals surface area contributed by atoms with Crippen LogP contribution in [0.4, 0.5) is 10.2 Å². The van der Waals surface area contributed by atoms with Gasteiger partial charge in [-0.1, -0.05) is 41.6 Å². The van der Waals surface area contributed by atoms with Crippen molar-refractivity contribution in [2.75, 3.05) is 18.4 Å². The molecule has 0 atom stereocenters. The zero-order valence-electron chi connectivity index (χ0n) is 19.5. The molecular formula is C26H22ClFN6O2. The van der Waals surface area contributed by atoms with Gasteiger partial charge in [-0.3, -0.25) is 14.3 Å². The highest BCUT2D eigenvalue weighted by molar-refractivity contribution is 6.34. The average molecular weight is 505 g/mol. The Morgan fingerprint density at radius 1 is 1.17 bits per heavy atom. The molecule has 1 aromatic carbocycles. The van der Waals surface area contributed by atoms with Crippen LogP contribution in [0.15, 0.2) is 48.8 Å². The van der Waals surface area contributed by atoms with Crippen molar-refractivity contribution >= 4 is 29.2 Å². The van der Waals surface area contributed by atoms with Gasteiger partial charge in [-0.2, -0.15) is 10.4 Å². The van der Waals surface area contributed by atoms with E-state index in [9.17, 15) is 19.2 Å². The number of nitrogens with one attached hydrogen (secondary N) is 1. The second-order valence-electron chi connectivity index (χ2n) is 8.52. The molecule has 182 valence electrons. The molecule has 2 aromatic heterocycles. The van der Waals surface area contributed by atoms with Crippen molar-refractivity contribution in [1.82, 2.24) is 19.7 Å². The summed E-state index contributed by atoms with van der Waals surface area (Å²) in [6, 6.07) is 12.8. The Labute approximate surface area is 212 Å². The Morgan fingerprint density at radius 3 is 2.50 bits per heavy atom. The first kappa shape index (κ1) is 24.9. The Balaban J connectivity index is 1.49. The first-order valence-electron chi connectivity index (χ1n) is 11.2. The molecular weight excluding hydrogens is 483 g/mol. The molecule has 1 N–H and O–H groups in total. The van der Waals surface area contributed by atoms with Gasteiger partial charge in [0.05, 0.1) is 29.2 Å². The molecule has 0 unspecified atom stereocenters. The molecule has 1 fully saturated rings. The van der Waals surface area contributed by atoms with Crippen LogP contribution in [0, 0.1) is 34.4 Å². The number of halogens is 2. The summed E-state index contributed by atoms with van der Waals surface area (Å²) in [6.45, 7) is 2.47. The first-order valence-corrected chi connectivity index (χ1v) is 11.6. The van der Waals surface area contributed by atoms with Crippen LogP contribution in [0.1, 0.15) is 41.4 Å². The van der Waals surface area contributed by atoms with Crippen molar-refractivity contribution in [3.8, 4) is 17.9 Å². The van der Waals surface area contributed by atoms with Gasteiger partial charge in [0.25, 0.3) is 5.91 Å². The normalized spacial score (nSPS) is 14.3. The summed E-state index contributed by atoms with van der Waals surface area (Å²) < 4.78 is 16.0. The van der Waals surface area contributed by atoms with E-state index in [0.717, 1.165) is 5.56 Å². The predicted octanol–water partition coefficient (Wildman–Crippen LogP) is 3.87. The Kier molecular flexibility index (Phi) is 7.33. The van der Waals surface area contributed by atoms with E-state index >= 15 is 0 Å². The summed E-state index contributed by atoms with van der Waals surface area (Å²) >= 11 is 6.23. The fourth-order valence-corrected chi connectivity index (χ4v) is 4.21. The van der Waals surface area contributed by atoms with Crippen LogP contribution >= 0.6 is 11.6 Å². The fourth-order valence-electron chi connectivity index (χ4n) is 3.98. The largest absolute Gasteiger partial charge is 0.343 e. The number of aromatic nitrogens is 3. The van der Waals surface area contributed by atoms with Gasteiger partial charge in [0.15, 0.2) is 11.6 Å². The summed E-state index contributed by atoms with van der Waals surface area (Å²) in [5.41, 5.74) is 0.304. The number of hydrogen-bond acceptors (Lipinski definition) is 5. The number of benzene rings is 1. The monoisotopic (exact) mass is 504 g/mol. The number of nitrogens with zero attached hydrogens (tertiary/aromatic N) is 5. The van der Waals surface area contributed by atoms with Crippen molar-refractivity contribution < 1.29 is 14.0 Å². The van der Waals surface area contributed by atoms with Gasteiger partial charge < -0.3 is 10.2 Å². The number of carbonyl (C=O) groups is 2. The molecule has 1 aliphatic rings. The second kappa shape index (κ2) is 10.6. The molecule has 3 aromatic rings. The molecule has 0 aliphatic carbocycles. The fraction of sp³-hybridized carbons (Fsp3) is 0.269. The third-order valence-electron chi connectivity index (χ3n) is 6.06. The molecule has 8 nitrogen and oxygen atoms in total. The van der Waals surface area contributed by atoms with Crippen LogP contribution < -0.4 is 5.32 Å². The predicted molar refractivity (Wildman–Crippen MR) is 131 cm³/mol. The lowest BCUT2D eigenvalue weighted by atomic mass is 9.79. The number of piperidine rings is 1. The minimum absolute atomic E-state index is 0.00515. The van der Waals surface area contributed by atoms with E-state index in [-0.39, 0.29) is 29.0 Å². The number of rotatable bonds is 4. The molecule has 4 rings (SSSR count). The smallest absolute Gasteiger partial charge is 0.276 e. The van der Waals surface area contributed by atoms with Crippen LogP contribution in [-0.2, 0) is 11.3 Å². The third kappa shape index (κ3) is 5.54. The SMILES string of the molecule is CC(=O)N1CCC(C#N)(Cn2ncc(Cl)c2C(=O)Nc2ncc(C#Cc3ccccc3)cc2F)CC1. The van der Waals surface area contributed by atoms with Crippen molar-refractivity contribution in [2.24, 2.45) is 5.41 Å². The number of carbonyl (C=O) groups excluding carboxylic acids is 2. The second-order valence-corrected chi connectivity index (χ2v) is 8.93. The summed E-state index contributed by atoms with van der Waals surface area (Å²) in [5.74, 6) is 3.97. The molecule has 2 amide bonds. The number of likely N-dealkylation sites (tertiary alicyclic amines) is 1. The molecule has 3 heterocycles. The van der Waals surface area contributed by atoms with Gasteiger partial charge in [0.1, 0.15) is 5.69 Å². The Hall–Kier alpha value is -4.21. The number of pyridine rings is 1. The van der Waals surface area contributed by atoms with Gasteiger partial charge in [0, 0.05) is 37.3 Å². The molecule has 10 heteroatoms. The Morgan fingerprint density at radius 2 is 1.86 bits per heavy atom. The quantitative estimate of drug-likeness (QED) is 0.543.